The van der Waals surface area contributed by atoms with Crippen LogP contribution in [-0.4, -0.2) is 20.5 Å². The number of rotatable bonds is 4. The van der Waals surface area contributed by atoms with Crippen molar-refractivity contribution in [3.63, 3.8) is 0 Å². The molecule has 1 rings (SSSR count). The lowest BCUT2D eigenvalue weighted by Crippen LogP contribution is -1.93. The minimum absolute atomic E-state index is 0.705. The topological polar surface area (TPSA) is 18.5 Å². The van der Waals surface area contributed by atoms with Crippen LogP contribution < -0.4 is 9.47 Å². The van der Waals surface area contributed by atoms with Gasteiger partial charge in [0.25, 0.3) is 0 Å². The van der Waals surface area contributed by atoms with Gasteiger partial charge in [0.05, 0.1) is 14.2 Å². The first kappa shape index (κ1) is 11.6. The molecule has 0 radical (unpaired) electrons. The molecule has 0 atom stereocenters. The van der Waals surface area contributed by atoms with E-state index in [1.165, 1.54) is 10.5 Å². The predicted molar refractivity (Wildman–Crippen MR) is 64.0 cm³/mol. The fourth-order valence-corrected chi connectivity index (χ4v) is 2.20. The lowest BCUT2D eigenvalue weighted by molar-refractivity contribution is 0.353. The molecule has 0 spiro atoms. The highest BCUT2D eigenvalue weighted by Crippen LogP contribution is 2.34. The highest BCUT2D eigenvalue weighted by molar-refractivity contribution is 7.98. The third kappa shape index (κ3) is 2.30. The van der Waals surface area contributed by atoms with Crippen LogP contribution in [0.3, 0.4) is 0 Å². The Morgan fingerprint density at radius 1 is 1.21 bits per heavy atom. The summed E-state index contributed by atoms with van der Waals surface area (Å²) in [5.41, 5.74) is 1.17. The van der Waals surface area contributed by atoms with Crippen molar-refractivity contribution in [3.05, 3.63) is 17.7 Å². The molecule has 0 bridgehead atoms. The van der Waals surface area contributed by atoms with Crippen molar-refractivity contribution in [1.82, 2.24) is 0 Å². The van der Waals surface area contributed by atoms with E-state index in [1.807, 2.05) is 18.4 Å². The highest BCUT2D eigenvalue weighted by atomic mass is 32.2. The van der Waals surface area contributed by atoms with Gasteiger partial charge in [-0.3, -0.25) is 0 Å². The summed E-state index contributed by atoms with van der Waals surface area (Å²) >= 11 is 5.96. The van der Waals surface area contributed by atoms with Gasteiger partial charge in [-0.25, -0.2) is 0 Å². The van der Waals surface area contributed by atoms with Crippen LogP contribution in [0.2, 0.25) is 0 Å². The highest BCUT2D eigenvalue weighted by Gasteiger charge is 2.09. The molecule has 0 heterocycles. The summed E-state index contributed by atoms with van der Waals surface area (Å²) in [5, 5.41) is 0. The van der Waals surface area contributed by atoms with Crippen LogP contribution in [0.1, 0.15) is 5.56 Å². The van der Waals surface area contributed by atoms with Gasteiger partial charge in [0.1, 0.15) is 0 Å². The maximum Gasteiger partial charge on any atom is 0.161 e. The van der Waals surface area contributed by atoms with E-state index < -0.39 is 0 Å². The first-order chi connectivity index (χ1) is 6.76. The van der Waals surface area contributed by atoms with E-state index in [0.717, 1.165) is 11.5 Å². The third-order valence-corrected chi connectivity index (χ3v) is 3.12. The van der Waals surface area contributed by atoms with E-state index in [1.54, 1.807) is 26.0 Å². The van der Waals surface area contributed by atoms with Crippen molar-refractivity contribution >= 4 is 24.4 Å². The summed E-state index contributed by atoms with van der Waals surface area (Å²) in [4.78, 5) is 1.18. The van der Waals surface area contributed by atoms with Crippen LogP contribution in [0.25, 0.3) is 0 Å². The Bertz CT molecular complexity index is 255. The molecule has 14 heavy (non-hydrogen) atoms. The zero-order chi connectivity index (χ0) is 10.6. The van der Waals surface area contributed by atoms with Crippen molar-refractivity contribution in [3.8, 4) is 11.5 Å². The maximum absolute atomic E-state index is 5.21. The van der Waals surface area contributed by atoms with Gasteiger partial charge in [0.2, 0.25) is 0 Å². The molecule has 0 aliphatic rings. The van der Waals surface area contributed by atoms with Gasteiger partial charge < -0.3 is 9.47 Å². The number of thioether (sulfide) groups is 1. The average Bonchev–Trinajstić information content (AvgIpc) is 2.26. The largest absolute Gasteiger partial charge is 0.493 e. The Balaban J connectivity index is 3.20. The molecule has 0 aliphatic carbocycles. The van der Waals surface area contributed by atoms with Crippen molar-refractivity contribution in [2.24, 2.45) is 0 Å². The molecular formula is C10H14O2S2. The molecule has 0 saturated carbocycles. The summed E-state index contributed by atoms with van der Waals surface area (Å²) in [6.07, 6.45) is 2.04. The second-order valence-electron chi connectivity index (χ2n) is 2.68. The van der Waals surface area contributed by atoms with Gasteiger partial charge >= 0.3 is 0 Å². The van der Waals surface area contributed by atoms with E-state index in [4.69, 9.17) is 9.47 Å². The van der Waals surface area contributed by atoms with E-state index in [-0.39, 0.29) is 0 Å². The van der Waals surface area contributed by atoms with Crippen molar-refractivity contribution in [2.45, 2.75) is 10.6 Å². The average molecular weight is 230 g/mol. The van der Waals surface area contributed by atoms with E-state index in [2.05, 4.69) is 12.6 Å². The summed E-state index contributed by atoms with van der Waals surface area (Å²) in [7, 11) is 3.28. The predicted octanol–water partition coefficient (Wildman–Crippen LogP) is 2.86. The first-order valence-corrected chi connectivity index (χ1v) is 6.02. The van der Waals surface area contributed by atoms with Gasteiger partial charge in [-0.2, -0.15) is 12.6 Å². The van der Waals surface area contributed by atoms with Gasteiger partial charge in [0, 0.05) is 10.6 Å². The maximum atomic E-state index is 5.21. The lowest BCUT2D eigenvalue weighted by Gasteiger charge is -2.12. The molecular weight excluding hydrogens is 216 g/mol. The standard InChI is InChI=1S/C10H14O2S2/c1-11-8-4-7(6-13)10(14-3)5-9(8)12-2/h4-5,13H,6H2,1-3H3. The van der Waals surface area contributed by atoms with Crippen molar-refractivity contribution < 1.29 is 9.47 Å². The molecule has 0 saturated heterocycles. The van der Waals surface area contributed by atoms with E-state index >= 15 is 0 Å². The minimum atomic E-state index is 0.705. The Labute approximate surface area is 94.4 Å². The molecule has 0 N–H and O–H groups in total. The van der Waals surface area contributed by atoms with Crippen LogP contribution in [-0.2, 0) is 5.75 Å². The molecule has 0 amide bonds. The minimum Gasteiger partial charge on any atom is -0.493 e. The number of ether oxygens (including phenoxy) is 2. The fourth-order valence-electron chi connectivity index (χ4n) is 1.22. The Morgan fingerprint density at radius 3 is 2.21 bits per heavy atom. The molecule has 1 aromatic carbocycles. The number of methoxy groups -OCH3 is 2. The van der Waals surface area contributed by atoms with Crippen LogP contribution in [0, 0.1) is 0 Å². The molecule has 78 valence electrons. The van der Waals surface area contributed by atoms with Gasteiger partial charge in [-0.05, 0) is 24.0 Å². The zero-order valence-corrected chi connectivity index (χ0v) is 10.2. The summed E-state index contributed by atoms with van der Waals surface area (Å²) < 4.78 is 10.4. The normalized spacial score (nSPS) is 10.0. The van der Waals surface area contributed by atoms with Crippen LogP contribution in [0.4, 0.5) is 0 Å². The number of thiol groups is 1. The summed E-state index contributed by atoms with van der Waals surface area (Å²) in [6.45, 7) is 0. The number of hydrogen-bond acceptors (Lipinski definition) is 4. The Hall–Kier alpha value is -0.480. The van der Waals surface area contributed by atoms with Gasteiger partial charge in [-0.15, -0.1) is 11.8 Å². The SMILES string of the molecule is COc1cc(CS)c(SC)cc1OC. The van der Waals surface area contributed by atoms with E-state index in [9.17, 15) is 0 Å². The molecule has 0 aromatic heterocycles. The van der Waals surface area contributed by atoms with Gasteiger partial charge in [-0.1, -0.05) is 0 Å². The summed E-state index contributed by atoms with van der Waals surface area (Å²) in [5.74, 6) is 2.23. The Kier molecular flexibility index (Phi) is 4.48. The summed E-state index contributed by atoms with van der Waals surface area (Å²) in [6, 6.07) is 3.95. The molecule has 0 fully saturated rings. The second-order valence-corrected chi connectivity index (χ2v) is 3.84. The fraction of sp³-hybridized carbons (Fsp3) is 0.400. The molecule has 4 heteroatoms. The smallest absolute Gasteiger partial charge is 0.161 e. The molecule has 1 aromatic rings. The van der Waals surface area contributed by atoms with E-state index in [0.29, 0.717) is 5.75 Å². The second kappa shape index (κ2) is 5.41. The third-order valence-electron chi connectivity index (χ3n) is 1.96. The van der Waals surface area contributed by atoms with Crippen LogP contribution in [0.15, 0.2) is 17.0 Å². The first-order valence-electron chi connectivity index (χ1n) is 4.16. The molecule has 0 unspecified atom stereocenters. The van der Waals surface area contributed by atoms with Crippen LogP contribution in [0.5, 0.6) is 11.5 Å². The number of benzene rings is 1. The zero-order valence-electron chi connectivity index (χ0n) is 8.53. The van der Waals surface area contributed by atoms with Gasteiger partial charge in [0.15, 0.2) is 11.5 Å². The molecule has 2 nitrogen and oxygen atoms in total. The number of hydrogen-bond donors (Lipinski definition) is 1. The lowest BCUT2D eigenvalue weighted by atomic mass is 10.2. The van der Waals surface area contributed by atoms with Crippen molar-refractivity contribution in [2.75, 3.05) is 20.5 Å². The van der Waals surface area contributed by atoms with Crippen molar-refractivity contribution in [1.29, 1.82) is 0 Å². The monoisotopic (exact) mass is 230 g/mol. The Morgan fingerprint density at radius 2 is 1.79 bits per heavy atom. The molecule has 0 aliphatic heterocycles. The van der Waals surface area contributed by atoms with Crippen LogP contribution >= 0.6 is 24.4 Å². The quantitative estimate of drug-likeness (QED) is 0.634.